The molecule has 2 rings (SSSR count). The van der Waals surface area contributed by atoms with E-state index in [1.165, 1.54) is 0 Å². The van der Waals surface area contributed by atoms with Crippen molar-refractivity contribution in [2.24, 2.45) is 10.9 Å². The molecule has 1 aliphatic carbocycles. The number of fused-ring (bicyclic) bond motifs is 1. The number of rotatable bonds is 2. The number of ketones is 1. The average molecular weight is 201 g/mol. The Labute approximate surface area is 90.1 Å². The highest BCUT2D eigenvalue weighted by atomic mass is 16.1. The van der Waals surface area contributed by atoms with Crippen molar-refractivity contribution >= 4 is 11.5 Å². The monoisotopic (exact) mass is 201 g/mol. The van der Waals surface area contributed by atoms with Crippen LogP contribution in [0, 0.1) is 5.92 Å². The molecule has 0 aromatic rings. The molecule has 0 fully saturated rings. The van der Waals surface area contributed by atoms with Crippen molar-refractivity contribution in [3.8, 4) is 0 Å². The highest BCUT2D eigenvalue weighted by Gasteiger charge is 2.26. The summed E-state index contributed by atoms with van der Waals surface area (Å²) in [6.07, 6.45) is 9.49. The fraction of sp³-hybridized carbons (Fsp3) is 0.385. The zero-order chi connectivity index (χ0) is 10.8. The fourth-order valence-corrected chi connectivity index (χ4v) is 1.95. The summed E-state index contributed by atoms with van der Waals surface area (Å²) in [7, 11) is 0. The van der Waals surface area contributed by atoms with Gasteiger partial charge in [0.2, 0.25) is 0 Å². The molecule has 0 saturated heterocycles. The Morgan fingerprint density at radius 3 is 3.00 bits per heavy atom. The van der Waals surface area contributed by atoms with Gasteiger partial charge in [0, 0.05) is 11.8 Å². The summed E-state index contributed by atoms with van der Waals surface area (Å²) in [4.78, 5) is 16.4. The third-order valence-electron chi connectivity index (χ3n) is 2.73. The lowest BCUT2D eigenvalue weighted by Gasteiger charge is -2.21. The topological polar surface area (TPSA) is 29.4 Å². The fourth-order valence-electron chi connectivity index (χ4n) is 1.95. The molecule has 15 heavy (non-hydrogen) atoms. The maximum Gasteiger partial charge on any atom is 0.170 e. The lowest BCUT2D eigenvalue weighted by molar-refractivity contribution is -0.115. The molecule has 2 aliphatic rings. The molecule has 1 atom stereocenters. The van der Waals surface area contributed by atoms with E-state index in [1.54, 1.807) is 6.08 Å². The SMILES string of the molecule is CCCC1=CC(=O)C2C=CC=C(C)C2=N1. The molecule has 1 heterocycles. The second-order valence-electron chi connectivity index (χ2n) is 4.00. The number of carbonyl (C=O) groups is 1. The minimum absolute atomic E-state index is 0.129. The highest BCUT2D eigenvalue weighted by molar-refractivity contribution is 6.20. The normalized spacial score (nSPS) is 24.3. The van der Waals surface area contributed by atoms with Crippen LogP contribution in [0.5, 0.6) is 0 Å². The van der Waals surface area contributed by atoms with Crippen molar-refractivity contribution in [3.63, 3.8) is 0 Å². The van der Waals surface area contributed by atoms with Crippen LogP contribution in [-0.4, -0.2) is 11.5 Å². The van der Waals surface area contributed by atoms with E-state index in [2.05, 4.69) is 11.9 Å². The van der Waals surface area contributed by atoms with Crippen LogP contribution in [-0.2, 0) is 4.79 Å². The summed E-state index contributed by atoms with van der Waals surface area (Å²) in [6.45, 7) is 4.11. The number of hydrogen-bond acceptors (Lipinski definition) is 2. The first-order valence-electron chi connectivity index (χ1n) is 5.41. The van der Waals surface area contributed by atoms with E-state index in [0.717, 1.165) is 29.8 Å². The zero-order valence-electron chi connectivity index (χ0n) is 9.16. The van der Waals surface area contributed by atoms with Crippen molar-refractivity contribution in [1.29, 1.82) is 0 Å². The van der Waals surface area contributed by atoms with Crippen molar-refractivity contribution in [2.45, 2.75) is 26.7 Å². The number of allylic oxidation sites excluding steroid dienone is 6. The first kappa shape index (κ1) is 10.1. The number of nitrogens with zero attached hydrogens (tertiary/aromatic N) is 1. The summed E-state index contributed by atoms with van der Waals surface area (Å²) in [5, 5.41) is 0. The standard InChI is InChI=1S/C13H15NO/c1-3-5-10-8-12(15)11-7-4-6-9(2)13(11)14-10/h4,6-8,11H,3,5H2,1-2H3. The smallest absolute Gasteiger partial charge is 0.170 e. The van der Waals surface area contributed by atoms with Crippen LogP contribution < -0.4 is 0 Å². The van der Waals surface area contributed by atoms with Gasteiger partial charge in [0.15, 0.2) is 5.78 Å². The van der Waals surface area contributed by atoms with E-state index < -0.39 is 0 Å². The number of aliphatic imine (C=N–C) groups is 1. The van der Waals surface area contributed by atoms with E-state index in [9.17, 15) is 4.79 Å². The van der Waals surface area contributed by atoms with E-state index in [1.807, 2.05) is 25.2 Å². The summed E-state index contributed by atoms with van der Waals surface area (Å²) >= 11 is 0. The third kappa shape index (κ3) is 1.84. The molecule has 0 aromatic carbocycles. The van der Waals surface area contributed by atoms with Gasteiger partial charge in [-0.3, -0.25) is 9.79 Å². The summed E-state index contributed by atoms with van der Waals surface area (Å²) < 4.78 is 0. The van der Waals surface area contributed by atoms with Crippen molar-refractivity contribution in [2.75, 3.05) is 0 Å². The summed E-state index contributed by atoms with van der Waals surface area (Å²) in [6, 6.07) is 0. The maximum absolute atomic E-state index is 11.8. The largest absolute Gasteiger partial charge is 0.294 e. The van der Waals surface area contributed by atoms with Crippen LogP contribution >= 0.6 is 0 Å². The molecular formula is C13H15NO. The average Bonchev–Trinajstić information content (AvgIpc) is 2.20. The molecule has 0 radical (unpaired) electrons. The molecule has 0 N–H and O–H groups in total. The first-order valence-corrected chi connectivity index (χ1v) is 5.41. The van der Waals surface area contributed by atoms with Crippen LogP contribution in [0.3, 0.4) is 0 Å². The van der Waals surface area contributed by atoms with Crippen LogP contribution in [0.15, 0.2) is 40.6 Å². The second-order valence-corrected chi connectivity index (χ2v) is 4.00. The summed E-state index contributed by atoms with van der Waals surface area (Å²) in [5.74, 6) is 0.0442. The molecular weight excluding hydrogens is 186 g/mol. The molecule has 2 nitrogen and oxygen atoms in total. The Hall–Kier alpha value is -1.44. The van der Waals surface area contributed by atoms with E-state index >= 15 is 0 Å². The summed E-state index contributed by atoms with van der Waals surface area (Å²) in [5.41, 5.74) is 2.97. The van der Waals surface area contributed by atoms with Gasteiger partial charge in [0.05, 0.1) is 11.6 Å². The molecule has 0 aromatic heterocycles. The van der Waals surface area contributed by atoms with Gasteiger partial charge >= 0.3 is 0 Å². The molecule has 0 saturated carbocycles. The molecule has 2 heteroatoms. The quantitative estimate of drug-likeness (QED) is 0.675. The van der Waals surface area contributed by atoms with Gasteiger partial charge < -0.3 is 0 Å². The van der Waals surface area contributed by atoms with Crippen LogP contribution in [0.1, 0.15) is 26.7 Å². The Morgan fingerprint density at radius 1 is 1.47 bits per heavy atom. The molecule has 1 unspecified atom stereocenters. The number of hydrogen-bond donors (Lipinski definition) is 0. The van der Waals surface area contributed by atoms with Crippen molar-refractivity contribution in [1.82, 2.24) is 0 Å². The van der Waals surface area contributed by atoms with Gasteiger partial charge in [-0.2, -0.15) is 0 Å². The van der Waals surface area contributed by atoms with E-state index in [-0.39, 0.29) is 11.7 Å². The molecule has 1 aliphatic heterocycles. The predicted molar refractivity (Wildman–Crippen MR) is 61.8 cm³/mol. The lowest BCUT2D eigenvalue weighted by Crippen LogP contribution is -2.26. The zero-order valence-corrected chi connectivity index (χ0v) is 9.16. The number of carbonyl (C=O) groups excluding carboxylic acids is 1. The first-order chi connectivity index (χ1) is 7.22. The lowest BCUT2D eigenvalue weighted by atomic mass is 9.86. The maximum atomic E-state index is 11.8. The highest BCUT2D eigenvalue weighted by Crippen LogP contribution is 2.25. The van der Waals surface area contributed by atoms with Gasteiger partial charge in [0.25, 0.3) is 0 Å². The van der Waals surface area contributed by atoms with Gasteiger partial charge in [-0.05, 0) is 18.9 Å². The minimum atomic E-state index is -0.129. The molecule has 0 amide bonds. The minimum Gasteiger partial charge on any atom is -0.294 e. The predicted octanol–water partition coefficient (Wildman–Crippen LogP) is 2.83. The second kappa shape index (κ2) is 3.97. The van der Waals surface area contributed by atoms with Crippen molar-refractivity contribution < 1.29 is 4.79 Å². The van der Waals surface area contributed by atoms with Crippen molar-refractivity contribution in [3.05, 3.63) is 35.6 Å². The molecule has 0 bridgehead atoms. The molecule has 0 spiro atoms. The Balaban J connectivity index is 2.35. The van der Waals surface area contributed by atoms with E-state index in [4.69, 9.17) is 0 Å². The Bertz CT molecular complexity index is 410. The van der Waals surface area contributed by atoms with Crippen LogP contribution in [0.4, 0.5) is 0 Å². The Morgan fingerprint density at radius 2 is 2.27 bits per heavy atom. The Kier molecular flexibility index (Phi) is 2.67. The van der Waals surface area contributed by atoms with E-state index in [0.29, 0.717) is 0 Å². The van der Waals surface area contributed by atoms with Gasteiger partial charge in [-0.15, -0.1) is 0 Å². The molecule has 78 valence electrons. The van der Waals surface area contributed by atoms with Crippen LogP contribution in [0.25, 0.3) is 0 Å². The van der Waals surface area contributed by atoms with Gasteiger partial charge in [-0.25, -0.2) is 0 Å². The van der Waals surface area contributed by atoms with Gasteiger partial charge in [0.1, 0.15) is 0 Å². The van der Waals surface area contributed by atoms with Gasteiger partial charge in [-0.1, -0.05) is 31.6 Å². The van der Waals surface area contributed by atoms with Crippen LogP contribution in [0.2, 0.25) is 0 Å². The third-order valence-corrected chi connectivity index (χ3v) is 2.73.